The largest absolute Gasteiger partial charge is 0.493 e. The van der Waals surface area contributed by atoms with E-state index in [1.165, 1.54) is 25.8 Å². The minimum absolute atomic E-state index is 0.0508. The zero-order valence-corrected chi connectivity index (χ0v) is 18.1. The fourth-order valence-electron chi connectivity index (χ4n) is 3.08. The van der Waals surface area contributed by atoms with E-state index in [1.54, 1.807) is 0 Å². The van der Waals surface area contributed by atoms with Crippen LogP contribution in [0.15, 0.2) is 54.6 Å². The Kier molecular flexibility index (Phi) is 7.70. The van der Waals surface area contributed by atoms with Gasteiger partial charge in [-0.25, -0.2) is 0 Å². The van der Waals surface area contributed by atoms with Crippen molar-refractivity contribution in [1.29, 1.82) is 0 Å². The molecule has 164 valence electrons. The van der Waals surface area contributed by atoms with Crippen molar-refractivity contribution in [1.82, 2.24) is 5.32 Å². The van der Waals surface area contributed by atoms with Gasteiger partial charge in [0.1, 0.15) is 17.2 Å². The van der Waals surface area contributed by atoms with E-state index in [-0.39, 0.29) is 17.7 Å². The summed E-state index contributed by atoms with van der Waals surface area (Å²) in [4.78, 5) is 23.2. The molecule has 1 atom stereocenters. The zero-order valence-electron chi connectivity index (χ0n) is 18.1. The monoisotopic (exact) mass is 422 g/mol. The number of ketones is 1. The number of carbonyl (C=O) groups excluding carboxylic acids is 2. The first-order chi connectivity index (χ1) is 14.9. The lowest BCUT2D eigenvalue weighted by molar-refractivity contribution is -0.120. The van der Waals surface area contributed by atoms with Crippen LogP contribution in [0.1, 0.15) is 45.1 Å². The first kappa shape index (κ1) is 22.4. The number of rotatable bonds is 11. The number of amides is 1. The predicted molar refractivity (Wildman–Crippen MR) is 121 cm³/mol. The number of nitrogens with one attached hydrogen (secondary N) is 1. The molecule has 0 bridgehead atoms. The predicted octanol–water partition coefficient (Wildman–Crippen LogP) is 4.44. The van der Waals surface area contributed by atoms with Crippen molar-refractivity contribution in [3.8, 4) is 17.2 Å². The molecule has 31 heavy (non-hydrogen) atoms. The highest BCUT2D eigenvalue weighted by Gasteiger charge is 2.21. The molecule has 0 spiro atoms. The van der Waals surface area contributed by atoms with Gasteiger partial charge in [-0.15, -0.1) is 0 Å². The van der Waals surface area contributed by atoms with Crippen LogP contribution in [-0.4, -0.2) is 24.3 Å². The molecule has 3 rings (SSSR count). The topological polar surface area (TPSA) is 90.7 Å². The fourth-order valence-corrected chi connectivity index (χ4v) is 3.08. The number of carbonyl (C=O) groups is 2. The van der Waals surface area contributed by atoms with Gasteiger partial charge >= 0.3 is 0 Å². The van der Waals surface area contributed by atoms with Crippen LogP contribution in [-0.2, 0) is 9.59 Å². The van der Waals surface area contributed by atoms with Crippen LogP contribution in [0.4, 0.5) is 0 Å². The van der Waals surface area contributed by atoms with Crippen molar-refractivity contribution in [3.63, 3.8) is 0 Å². The van der Waals surface area contributed by atoms with E-state index in [0.29, 0.717) is 36.0 Å². The number of hydrogen-bond donors (Lipinski definition) is 2. The Hall–Kier alpha value is -3.28. The van der Waals surface area contributed by atoms with Crippen LogP contribution in [0.25, 0.3) is 5.70 Å². The summed E-state index contributed by atoms with van der Waals surface area (Å²) in [6.45, 7) is 4.09. The Morgan fingerprint density at radius 1 is 1.13 bits per heavy atom. The van der Waals surface area contributed by atoms with Crippen LogP contribution in [0, 0.1) is 5.92 Å². The lowest BCUT2D eigenvalue weighted by Gasteiger charge is -2.11. The zero-order chi connectivity index (χ0) is 22.2. The lowest BCUT2D eigenvalue weighted by Crippen LogP contribution is -2.30. The number of allylic oxidation sites excluding steroid dienone is 1. The van der Waals surface area contributed by atoms with E-state index in [0.717, 1.165) is 17.9 Å². The number of nitrogens with two attached hydrogens (primary N) is 1. The van der Waals surface area contributed by atoms with Gasteiger partial charge in [-0.2, -0.15) is 0 Å². The maximum absolute atomic E-state index is 12.2. The molecule has 1 saturated carbocycles. The molecule has 0 heterocycles. The van der Waals surface area contributed by atoms with Crippen LogP contribution in [0.2, 0.25) is 0 Å². The maximum Gasteiger partial charge on any atom is 0.217 e. The van der Waals surface area contributed by atoms with Gasteiger partial charge in [0.05, 0.1) is 6.61 Å². The van der Waals surface area contributed by atoms with Crippen molar-refractivity contribution in [3.05, 3.63) is 60.2 Å². The summed E-state index contributed by atoms with van der Waals surface area (Å²) in [5.41, 5.74) is 7.23. The van der Waals surface area contributed by atoms with E-state index >= 15 is 0 Å². The number of benzene rings is 2. The molecule has 1 amide bonds. The third-order valence-electron chi connectivity index (χ3n) is 5.00. The molecule has 3 N–H and O–H groups in total. The highest BCUT2D eigenvalue weighted by molar-refractivity contribution is 5.96. The molecular formula is C25H30N2O4. The van der Waals surface area contributed by atoms with E-state index in [9.17, 15) is 9.59 Å². The second-order valence-electron chi connectivity index (χ2n) is 8.06. The first-order valence-corrected chi connectivity index (χ1v) is 10.7. The van der Waals surface area contributed by atoms with Gasteiger partial charge in [0.15, 0.2) is 5.78 Å². The van der Waals surface area contributed by atoms with Crippen LogP contribution in [0.5, 0.6) is 17.2 Å². The van der Waals surface area contributed by atoms with Gasteiger partial charge in [0.2, 0.25) is 5.91 Å². The van der Waals surface area contributed by atoms with Gasteiger partial charge in [-0.05, 0) is 74.1 Å². The molecule has 2 aromatic rings. The summed E-state index contributed by atoms with van der Waals surface area (Å²) in [5, 5.41) is 2.76. The molecule has 6 nitrogen and oxygen atoms in total. The van der Waals surface area contributed by atoms with Gasteiger partial charge in [0.25, 0.3) is 0 Å². The van der Waals surface area contributed by atoms with Crippen molar-refractivity contribution < 1.29 is 19.1 Å². The molecule has 2 aromatic carbocycles. The minimum atomic E-state index is -0.102. The minimum Gasteiger partial charge on any atom is -0.493 e. The van der Waals surface area contributed by atoms with Crippen LogP contribution in [0.3, 0.4) is 0 Å². The normalized spacial score (nSPS) is 14.6. The Balaban J connectivity index is 1.52. The van der Waals surface area contributed by atoms with E-state index in [1.807, 2.05) is 55.5 Å². The van der Waals surface area contributed by atoms with Gasteiger partial charge in [-0.3, -0.25) is 9.59 Å². The number of hydrogen-bond acceptors (Lipinski definition) is 5. The van der Waals surface area contributed by atoms with Crippen molar-refractivity contribution in [2.45, 2.75) is 45.6 Å². The van der Waals surface area contributed by atoms with E-state index < -0.39 is 0 Å². The molecule has 1 aliphatic carbocycles. The van der Waals surface area contributed by atoms with E-state index in [4.69, 9.17) is 15.2 Å². The molecular weight excluding hydrogens is 392 g/mol. The maximum atomic E-state index is 12.2. The summed E-state index contributed by atoms with van der Waals surface area (Å²) in [6, 6.07) is 14.8. The molecule has 0 aromatic heterocycles. The van der Waals surface area contributed by atoms with Crippen molar-refractivity contribution in [2.75, 3.05) is 6.61 Å². The van der Waals surface area contributed by atoms with Gasteiger partial charge < -0.3 is 20.5 Å². The van der Waals surface area contributed by atoms with Gasteiger partial charge in [0, 0.05) is 37.2 Å². The molecule has 0 aliphatic heterocycles. The van der Waals surface area contributed by atoms with Gasteiger partial charge in [-0.1, -0.05) is 6.07 Å². The summed E-state index contributed by atoms with van der Waals surface area (Å²) in [5.74, 6) is 2.70. The quantitative estimate of drug-likeness (QED) is 0.523. The standard InChI is InChI=1S/C25H30N2O4/c1-17(27-18(2)28)6-11-21(29)14-25(26)20-9-12-22(13-10-20)31-24-5-3-4-23(15-24)30-16-19-7-8-19/h3-5,9-10,12-15,17,19H,6-8,11,16,26H2,1-2H3,(H,27,28). The molecule has 0 radical (unpaired) electrons. The highest BCUT2D eigenvalue weighted by Crippen LogP contribution is 2.31. The lowest BCUT2D eigenvalue weighted by atomic mass is 10.1. The molecule has 0 saturated heterocycles. The third-order valence-corrected chi connectivity index (χ3v) is 5.00. The molecule has 1 unspecified atom stereocenters. The Labute approximate surface area is 183 Å². The summed E-state index contributed by atoms with van der Waals surface area (Å²) in [6.07, 6.45) is 4.84. The summed E-state index contributed by atoms with van der Waals surface area (Å²) < 4.78 is 11.7. The first-order valence-electron chi connectivity index (χ1n) is 10.7. The van der Waals surface area contributed by atoms with Crippen molar-refractivity contribution >= 4 is 17.4 Å². The highest BCUT2D eigenvalue weighted by atomic mass is 16.5. The van der Waals surface area contributed by atoms with Crippen molar-refractivity contribution in [2.24, 2.45) is 11.7 Å². The molecule has 6 heteroatoms. The summed E-state index contributed by atoms with van der Waals surface area (Å²) >= 11 is 0. The van der Waals surface area contributed by atoms with Crippen LogP contribution >= 0.6 is 0 Å². The number of ether oxygens (including phenoxy) is 2. The third kappa shape index (κ3) is 7.81. The molecule has 1 aliphatic rings. The summed E-state index contributed by atoms with van der Waals surface area (Å²) in [7, 11) is 0. The van der Waals surface area contributed by atoms with Crippen LogP contribution < -0.4 is 20.5 Å². The Bertz CT molecular complexity index is 933. The van der Waals surface area contributed by atoms with E-state index in [2.05, 4.69) is 5.32 Å². The average molecular weight is 423 g/mol. The molecule has 1 fully saturated rings. The smallest absolute Gasteiger partial charge is 0.217 e. The Morgan fingerprint density at radius 3 is 2.52 bits per heavy atom. The second kappa shape index (κ2) is 10.7. The SMILES string of the molecule is CC(=O)NC(C)CCC(=O)C=C(N)c1ccc(Oc2cccc(OCC3CC3)c2)cc1. The second-order valence-corrected chi connectivity index (χ2v) is 8.06. The fraction of sp³-hybridized carbons (Fsp3) is 0.360. The average Bonchev–Trinajstić information content (AvgIpc) is 3.56. The Morgan fingerprint density at radius 2 is 1.84 bits per heavy atom.